The lowest BCUT2D eigenvalue weighted by Gasteiger charge is -2.33. The van der Waals surface area contributed by atoms with Crippen LogP contribution < -0.4 is 49.1 Å². The van der Waals surface area contributed by atoms with Crippen molar-refractivity contribution in [3.63, 3.8) is 0 Å². The number of benzene rings is 5. The molecule has 1 aromatic heterocycles. The molecule has 24 heteroatoms. The average Bonchev–Trinajstić information content (AvgIpc) is 4.18. The first-order chi connectivity index (χ1) is 39.8. The molecular formula is C59H70ClN11O10S2. The van der Waals surface area contributed by atoms with Gasteiger partial charge in [-0.1, -0.05) is 118 Å². The number of nitrogens with zero attached hydrogens (tertiary/aromatic N) is 1. The zero-order valence-corrected chi connectivity index (χ0v) is 48.2. The summed E-state index contributed by atoms with van der Waals surface area (Å²) in [5.41, 5.74) is 21.4. The normalized spacial score (nSPS) is 20.9. The van der Waals surface area contributed by atoms with E-state index in [1.165, 1.54) is 26.1 Å². The van der Waals surface area contributed by atoms with Gasteiger partial charge in [0.1, 0.15) is 48.0 Å². The van der Waals surface area contributed by atoms with Crippen molar-refractivity contribution in [2.24, 2.45) is 17.2 Å². The SMILES string of the molecule is C[C@@H](O)[C@@H]1NC(=O)[C@H](CCCCN)N(C)C(=O)[C@@H](Cc2c[nH]c3ccccc23)NC(=O)[C@H](Cc2ccc(O)cc2)NC(=O)[C@H](NC(=O)[C@@H](N)Cc2ccc(Cl)cc2)CSSC[C@@H](C(=O)N[C@@H](Cc2ccc3ccccc3c2)C(N)=O)NC1=O. The number of aromatic amines is 1. The molecule has 440 valence electrons. The number of fused-ring (bicyclic) bond motifs is 2. The summed E-state index contributed by atoms with van der Waals surface area (Å²) in [6.45, 7) is 1.51. The van der Waals surface area contributed by atoms with Crippen LogP contribution in [-0.2, 0) is 64.0 Å². The first-order valence-electron chi connectivity index (χ1n) is 27.1. The third kappa shape index (κ3) is 17.7. The monoisotopic (exact) mass is 1190 g/mol. The molecule has 0 unspecified atom stereocenters. The van der Waals surface area contributed by atoms with Gasteiger partial charge >= 0.3 is 0 Å². The number of nitrogens with two attached hydrogens (primary N) is 3. The molecule has 0 bridgehead atoms. The highest BCUT2D eigenvalue weighted by Gasteiger charge is 2.39. The molecular weight excluding hydrogens is 1120 g/mol. The summed E-state index contributed by atoms with van der Waals surface area (Å²) >= 11 is 6.11. The Morgan fingerprint density at radius 3 is 2.12 bits per heavy atom. The van der Waals surface area contributed by atoms with Gasteiger partial charge in [0.15, 0.2) is 0 Å². The number of nitrogens with one attached hydrogen (secondary N) is 7. The number of para-hydroxylation sites is 1. The van der Waals surface area contributed by atoms with Gasteiger partial charge in [-0.25, -0.2) is 0 Å². The van der Waals surface area contributed by atoms with E-state index in [1.807, 2.05) is 60.7 Å². The highest BCUT2D eigenvalue weighted by Crippen LogP contribution is 2.26. The van der Waals surface area contributed by atoms with Crippen molar-refractivity contribution in [2.45, 2.75) is 106 Å². The molecule has 0 radical (unpaired) electrons. The number of H-pyrrole nitrogens is 1. The van der Waals surface area contributed by atoms with Gasteiger partial charge in [0, 0.05) is 59.9 Å². The number of aromatic nitrogens is 1. The Morgan fingerprint density at radius 2 is 1.41 bits per heavy atom. The van der Waals surface area contributed by atoms with Crippen LogP contribution in [0.5, 0.6) is 5.75 Å². The number of amides is 8. The maximum absolute atomic E-state index is 15.2. The van der Waals surface area contributed by atoms with Crippen LogP contribution in [-0.4, -0.2) is 147 Å². The fourth-order valence-corrected chi connectivity index (χ4v) is 12.0. The van der Waals surface area contributed by atoms with E-state index in [4.69, 9.17) is 28.8 Å². The van der Waals surface area contributed by atoms with Crippen LogP contribution in [0.25, 0.3) is 21.7 Å². The molecule has 15 N–H and O–H groups in total. The lowest BCUT2D eigenvalue weighted by Crippen LogP contribution is -2.62. The van der Waals surface area contributed by atoms with E-state index in [1.54, 1.807) is 48.7 Å². The smallest absolute Gasteiger partial charge is 0.245 e. The predicted molar refractivity (Wildman–Crippen MR) is 321 cm³/mol. The van der Waals surface area contributed by atoms with Crippen molar-refractivity contribution < 1.29 is 48.6 Å². The van der Waals surface area contributed by atoms with Gasteiger partial charge in [-0.3, -0.25) is 38.4 Å². The molecule has 83 heavy (non-hydrogen) atoms. The van der Waals surface area contributed by atoms with Crippen molar-refractivity contribution in [3.05, 3.63) is 149 Å². The van der Waals surface area contributed by atoms with Crippen LogP contribution in [0, 0.1) is 0 Å². The zero-order valence-electron chi connectivity index (χ0n) is 45.8. The number of carbonyl (C=O) groups excluding carboxylic acids is 8. The Kier molecular flexibility index (Phi) is 22.8. The quantitative estimate of drug-likeness (QED) is 0.0435. The van der Waals surface area contributed by atoms with Crippen LogP contribution in [0.4, 0.5) is 0 Å². The summed E-state index contributed by atoms with van der Waals surface area (Å²) in [7, 11) is 3.38. The van der Waals surface area contributed by atoms with E-state index in [0.717, 1.165) is 48.2 Å². The molecule has 9 atom stereocenters. The Bertz CT molecular complexity index is 3260. The number of likely N-dealkylation sites (N-methyl/N-ethyl adjacent to an activating group) is 1. The predicted octanol–water partition coefficient (Wildman–Crippen LogP) is 2.40. The van der Waals surface area contributed by atoms with E-state index in [9.17, 15) is 43.8 Å². The lowest BCUT2D eigenvalue weighted by molar-refractivity contribution is -0.143. The van der Waals surface area contributed by atoms with Crippen molar-refractivity contribution in [1.29, 1.82) is 0 Å². The van der Waals surface area contributed by atoms with Crippen molar-refractivity contribution in [3.8, 4) is 5.75 Å². The van der Waals surface area contributed by atoms with Gasteiger partial charge in [0.25, 0.3) is 0 Å². The molecule has 8 amide bonds. The lowest BCUT2D eigenvalue weighted by atomic mass is 9.99. The van der Waals surface area contributed by atoms with E-state index in [0.29, 0.717) is 40.1 Å². The standard InChI is InChI=1S/C59H70ClN11O10S2/c1-33(72)51-58(80)69-49(55(77)65-45(52(63)74)28-36-14-19-37-9-3-4-10-38(37)25-36)32-83-82-31-48(68-53(75)43(62)26-34-15-20-40(60)21-16-34)56(78)66-46(27-35-17-22-41(73)23-18-35)54(76)67-47(29-39-30-64-44-12-6-5-11-42(39)44)59(81)71(2)50(57(79)70-51)13-7-8-24-61/h3-6,9-12,14-23,25,30,33,43,45-51,64,72-73H,7-8,13,24,26-29,31-32,61-62H2,1-2H3,(H2,63,74)(H,65,77)(H,66,78)(H,67,76)(H,68,75)(H,69,80)(H,70,79)/t33-,43+,45+,46+,47-,48-,49+,50+,51+/m1/s1. The van der Waals surface area contributed by atoms with Crippen LogP contribution in [0.3, 0.4) is 0 Å². The van der Waals surface area contributed by atoms with E-state index in [-0.39, 0.29) is 55.9 Å². The minimum atomic E-state index is -1.71. The minimum absolute atomic E-state index is 0.0216. The Morgan fingerprint density at radius 1 is 0.747 bits per heavy atom. The Hall–Kier alpha value is -7.67. The van der Waals surface area contributed by atoms with Gasteiger partial charge in [-0.2, -0.15) is 0 Å². The number of aliphatic hydroxyl groups is 1. The van der Waals surface area contributed by atoms with E-state index in [2.05, 4.69) is 36.9 Å². The molecule has 1 fully saturated rings. The highest BCUT2D eigenvalue weighted by molar-refractivity contribution is 8.76. The number of aliphatic hydroxyl groups excluding tert-OH is 1. The number of primary amides is 1. The number of carbonyl (C=O) groups is 8. The Labute approximate surface area is 493 Å². The molecule has 0 spiro atoms. The van der Waals surface area contributed by atoms with E-state index >= 15 is 4.79 Å². The van der Waals surface area contributed by atoms with Gasteiger partial charge in [-0.05, 0) is 103 Å². The first-order valence-corrected chi connectivity index (χ1v) is 30.0. The van der Waals surface area contributed by atoms with Crippen molar-refractivity contribution in [1.82, 2.24) is 41.8 Å². The van der Waals surface area contributed by atoms with Crippen molar-refractivity contribution in [2.75, 3.05) is 25.1 Å². The van der Waals surface area contributed by atoms with Gasteiger partial charge in [-0.15, -0.1) is 0 Å². The number of aromatic hydroxyl groups is 1. The highest BCUT2D eigenvalue weighted by atomic mass is 35.5. The van der Waals surface area contributed by atoms with Crippen LogP contribution in [0.2, 0.25) is 5.02 Å². The summed E-state index contributed by atoms with van der Waals surface area (Å²) in [5.74, 6) is -7.26. The topological polar surface area (TPSA) is 346 Å². The van der Waals surface area contributed by atoms with Gasteiger partial charge in [0.05, 0.1) is 12.1 Å². The summed E-state index contributed by atoms with van der Waals surface area (Å²) < 4.78 is 0. The van der Waals surface area contributed by atoms with Gasteiger partial charge < -0.3 is 69.2 Å². The summed E-state index contributed by atoms with van der Waals surface area (Å²) in [5, 5.41) is 40.7. The van der Waals surface area contributed by atoms with Crippen LogP contribution in [0.1, 0.15) is 48.4 Å². The summed E-state index contributed by atoms with van der Waals surface area (Å²) in [4.78, 5) is 120. The Balaban J connectivity index is 1.27. The summed E-state index contributed by atoms with van der Waals surface area (Å²) in [6.07, 6.45) is 0.654. The molecule has 2 heterocycles. The number of hydrogen-bond donors (Lipinski definition) is 12. The van der Waals surface area contributed by atoms with Crippen molar-refractivity contribution >= 4 is 102 Å². The number of phenolic OH excluding ortho intramolecular Hbond substituents is 1. The molecule has 21 nitrogen and oxygen atoms in total. The largest absolute Gasteiger partial charge is 0.508 e. The molecule has 7 rings (SSSR count). The zero-order chi connectivity index (χ0) is 59.7. The number of phenols is 1. The molecule has 0 saturated carbocycles. The number of unbranched alkanes of at least 4 members (excludes halogenated alkanes) is 1. The molecule has 1 saturated heterocycles. The second kappa shape index (κ2) is 30.0. The number of hydrogen-bond acceptors (Lipinski definition) is 14. The molecule has 0 aliphatic carbocycles. The number of halogens is 1. The minimum Gasteiger partial charge on any atom is -0.508 e. The third-order valence-electron chi connectivity index (χ3n) is 14.3. The van der Waals surface area contributed by atoms with E-state index < -0.39 is 102 Å². The molecule has 5 aromatic carbocycles. The first kappa shape index (κ1) is 62.9. The van der Waals surface area contributed by atoms with Gasteiger partial charge in [0.2, 0.25) is 47.3 Å². The van der Waals surface area contributed by atoms with Crippen LogP contribution in [0.15, 0.2) is 121 Å². The molecule has 1 aliphatic heterocycles. The molecule has 6 aromatic rings. The fourth-order valence-electron chi connectivity index (χ4n) is 9.58. The second-order valence-corrected chi connectivity index (χ2v) is 23.5. The third-order valence-corrected chi connectivity index (χ3v) is 16.9. The fraction of sp³-hybridized carbons (Fsp3) is 0.356. The number of rotatable bonds is 18. The van der Waals surface area contributed by atoms with Crippen LogP contribution >= 0.6 is 33.2 Å². The average molecular weight is 1190 g/mol. The maximum atomic E-state index is 15.2. The summed E-state index contributed by atoms with van der Waals surface area (Å²) in [6, 6.07) is 21.8. The maximum Gasteiger partial charge on any atom is 0.245 e. The second-order valence-electron chi connectivity index (χ2n) is 20.5. The molecule has 1 aliphatic rings.